The van der Waals surface area contributed by atoms with Crippen molar-refractivity contribution in [3.05, 3.63) is 34.6 Å². The van der Waals surface area contributed by atoms with Crippen LogP contribution in [0.5, 0.6) is 0 Å². The molecule has 1 N–H and O–H groups in total. The van der Waals surface area contributed by atoms with Crippen molar-refractivity contribution in [2.75, 3.05) is 14.2 Å². The Hall–Kier alpha value is -0.640. The summed E-state index contributed by atoms with van der Waals surface area (Å²) < 4.78 is 19.4. The van der Waals surface area contributed by atoms with Gasteiger partial charge in [-0.2, -0.15) is 0 Å². The number of methoxy groups -OCH3 is 1. The maximum atomic E-state index is 13.6. The van der Waals surface area contributed by atoms with E-state index in [9.17, 15) is 4.39 Å². The van der Waals surface area contributed by atoms with Gasteiger partial charge in [-0.1, -0.05) is 43.0 Å². The molecule has 0 amide bonds. The lowest BCUT2D eigenvalue weighted by molar-refractivity contribution is -0.0657. The van der Waals surface area contributed by atoms with Gasteiger partial charge in [0.2, 0.25) is 0 Å². The number of benzene rings is 1. The molecule has 1 aromatic carbocycles. The van der Waals surface area contributed by atoms with E-state index in [4.69, 9.17) is 16.3 Å². The second-order valence-electron chi connectivity index (χ2n) is 5.59. The van der Waals surface area contributed by atoms with Gasteiger partial charge < -0.3 is 10.1 Å². The van der Waals surface area contributed by atoms with Crippen molar-refractivity contribution in [1.29, 1.82) is 0 Å². The highest BCUT2D eigenvalue weighted by Crippen LogP contribution is 2.36. The number of nitrogens with one attached hydrogen (secondary N) is 1. The third kappa shape index (κ3) is 3.16. The average Bonchev–Trinajstić information content (AvgIpc) is 2.49. The van der Waals surface area contributed by atoms with E-state index in [2.05, 4.69) is 5.32 Å². The Morgan fingerprint density at radius 3 is 2.65 bits per heavy atom. The predicted molar refractivity (Wildman–Crippen MR) is 80.8 cm³/mol. The van der Waals surface area contributed by atoms with E-state index in [1.54, 1.807) is 13.2 Å². The number of rotatable bonds is 5. The summed E-state index contributed by atoms with van der Waals surface area (Å²) in [5.41, 5.74) is 0.677. The summed E-state index contributed by atoms with van der Waals surface area (Å²) in [6, 6.07) is 5.14. The second kappa shape index (κ2) is 6.88. The van der Waals surface area contributed by atoms with Gasteiger partial charge in [-0.25, -0.2) is 4.39 Å². The monoisotopic (exact) mass is 299 g/mol. The first-order valence-corrected chi connectivity index (χ1v) is 7.66. The molecule has 1 aliphatic rings. The molecule has 2 nitrogen and oxygen atoms in total. The van der Waals surface area contributed by atoms with E-state index in [-0.39, 0.29) is 22.5 Å². The Labute approximate surface area is 125 Å². The number of hydrogen-bond donors (Lipinski definition) is 1. The molecule has 2 rings (SSSR count). The minimum absolute atomic E-state index is 0.145. The molecular weight excluding hydrogens is 277 g/mol. The lowest BCUT2D eigenvalue weighted by Gasteiger charge is -2.42. The summed E-state index contributed by atoms with van der Waals surface area (Å²) >= 11 is 6.08. The lowest BCUT2D eigenvalue weighted by Crippen LogP contribution is -2.53. The molecule has 0 radical (unpaired) electrons. The van der Waals surface area contributed by atoms with Gasteiger partial charge in [-0.05, 0) is 37.9 Å². The largest absolute Gasteiger partial charge is 0.377 e. The van der Waals surface area contributed by atoms with Crippen LogP contribution in [0.15, 0.2) is 18.2 Å². The number of halogens is 2. The van der Waals surface area contributed by atoms with Crippen LogP contribution in [0.25, 0.3) is 0 Å². The van der Waals surface area contributed by atoms with Crippen LogP contribution in [-0.4, -0.2) is 25.8 Å². The first-order chi connectivity index (χ1) is 9.63. The minimum Gasteiger partial charge on any atom is -0.377 e. The number of hydrogen-bond acceptors (Lipinski definition) is 2. The lowest BCUT2D eigenvalue weighted by atomic mass is 9.77. The van der Waals surface area contributed by atoms with Crippen LogP contribution in [-0.2, 0) is 11.2 Å². The first-order valence-electron chi connectivity index (χ1n) is 7.28. The molecule has 1 aliphatic carbocycles. The Bertz CT molecular complexity index is 446. The molecule has 0 bridgehead atoms. The van der Waals surface area contributed by atoms with E-state index in [1.807, 2.05) is 13.1 Å². The van der Waals surface area contributed by atoms with Gasteiger partial charge in [0.05, 0.1) is 10.6 Å². The number of ether oxygens (including phenoxy) is 1. The second-order valence-corrected chi connectivity index (χ2v) is 5.97. The van der Waals surface area contributed by atoms with Crippen LogP contribution in [0.4, 0.5) is 4.39 Å². The van der Waals surface area contributed by atoms with E-state index in [0.717, 1.165) is 18.4 Å². The van der Waals surface area contributed by atoms with Crippen molar-refractivity contribution in [3.63, 3.8) is 0 Å². The SMILES string of the molecule is CNC(Cc1cccc(F)c1Cl)C1(OC)CCCCC1. The molecule has 1 aromatic rings. The average molecular weight is 300 g/mol. The summed E-state index contributed by atoms with van der Waals surface area (Å²) in [6.07, 6.45) is 6.40. The molecule has 0 aromatic heterocycles. The van der Waals surface area contributed by atoms with E-state index in [1.165, 1.54) is 25.3 Å². The molecular formula is C16H23ClFNO. The van der Waals surface area contributed by atoms with Gasteiger partial charge in [0.1, 0.15) is 5.82 Å². The van der Waals surface area contributed by atoms with Crippen molar-refractivity contribution >= 4 is 11.6 Å². The highest BCUT2D eigenvalue weighted by atomic mass is 35.5. The van der Waals surface area contributed by atoms with Crippen LogP contribution in [0.3, 0.4) is 0 Å². The molecule has 1 fully saturated rings. The van der Waals surface area contributed by atoms with Crippen LogP contribution in [0.1, 0.15) is 37.7 Å². The summed E-state index contributed by atoms with van der Waals surface area (Å²) in [5, 5.41) is 3.58. The van der Waals surface area contributed by atoms with Crippen molar-refractivity contribution in [2.24, 2.45) is 0 Å². The molecule has 4 heteroatoms. The molecule has 0 aliphatic heterocycles. The Morgan fingerprint density at radius 2 is 2.05 bits per heavy atom. The fourth-order valence-electron chi connectivity index (χ4n) is 3.32. The van der Waals surface area contributed by atoms with Crippen LogP contribution in [0, 0.1) is 5.82 Å². The van der Waals surface area contributed by atoms with Crippen LogP contribution < -0.4 is 5.32 Å². The third-order valence-corrected chi connectivity index (χ3v) is 4.97. The molecule has 0 heterocycles. The minimum atomic E-state index is -0.353. The summed E-state index contributed by atoms with van der Waals surface area (Å²) in [5.74, 6) is -0.353. The van der Waals surface area contributed by atoms with Crippen molar-refractivity contribution < 1.29 is 9.13 Å². The van der Waals surface area contributed by atoms with E-state index >= 15 is 0 Å². The summed E-state index contributed by atoms with van der Waals surface area (Å²) in [4.78, 5) is 0. The zero-order chi connectivity index (χ0) is 14.6. The van der Waals surface area contributed by atoms with E-state index in [0.29, 0.717) is 6.42 Å². The fraction of sp³-hybridized carbons (Fsp3) is 0.625. The normalized spacial score (nSPS) is 19.8. The maximum Gasteiger partial charge on any atom is 0.142 e. The molecule has 20 heavy (non-hydrogen) atoms. The standard InChI is InChI=1S/C16H23ClFNO/c1-19-14(16(20-2)9-4-3-5-10-16)11-12-7-6-8-13(18)15(12)17/h6-8,14,19H,3-5,9-11H2,1-2H3. The Morgan fingerprint density at radius 1 is 1.35 bits per heavy atom. The molecule has 1 saturated carbocycles. The molecule has 1 atom stereocenters. The van der Waals surface area contributed by atoms with Gasteiger partial charge in [0, 0.05) is 13.2 Å². The molecule has 112 valence electrons. The zero-order valence-corrected chi connectivity index (χ0v) is 13.0. The predicted octanol–water partition coefficient (Wildman–Crippen LogP) is 3.96. The first kappa shape index (κ1) is 15.7. The Balaban J connectivity index is 2.21. The molecule has 1 unspecified atom stereocenters. The van der Waals surface area contributed by atoms with Gasteiger partial charge in [0.15, 0.2) is 0 Å². The summed E-state index contributed by atoms with van der Waals surface area (Å²) in [6.45, 7) is 0. The van der Waals surface area contributed by atoms with Gasteiger partial charge in [-0.15, -0.1) is 0 Å². The molecule has 0 spiro atoms. The van der Waals surface area contributed by atoms with Crippen molar-refractivity contribution in [3.8, 4) is 0 Å². The maximum absolute atomic E-state index is 13.6. The summed E-state index contributed by atoms with van der Waals surface area (Å²) in [7, 11) is 3.72. The van der Waals surface area contributed by atoms with Crippen molar-refractivity contribution in [1.82, 2.24) is 5.32 Å². The third-order valence-electron chi connectivity index (χ3n) is 4.55. The van der Waals surface area contributed by atoms with Crippen LogP contribution in [0.2, 0.25) is 5.02 Å². The zero-order valence-electron chi connectivity index (χ0n) is 12.2. The van der Waals surface area contributed by atoms with Gasteiger partial charge in [-0.3, -0.25) is 0 Å². The fourth-order valence-corrected chi connectivity index (χ4v) is 3.53. The Kier molecular flexibility index (Phi) is 5.42. The van der Waals surface area contributed by atoms with E-state index < -0.39 is 0 Å². The smallest absolute Gasteiger partial charge is 0.142 e. The topological polar surface area (TPSA) is 21.3 Å². The number of likely N-dealkylation sites (N-methyl/N-ethyl adjacent to an activating group) is 1. The highest BCUT2D eigenvalue weighted by Gasteiger charge is 2.39. The van der Waals surface area contributed by atoms with Gasteiger partial charge in [0.25, 0.3) is 0 Å². The highest BCUT2D eigenvalue weighted by molar-refractivity contribution is 6.31. The van der Waals surface area contributed by atoms with Gasteiger partial charge >= 0.3 is 0 Å². The van der Waals surface area contributed by atoms with Crippen molar-refractivity contribution in [2.45, 2.75) is 50.2 Å². The quantitative estimate of drug-likeness (QED) is 0.888. The molecule has 0 saturated heterocycles. The van der Waals surface area contributed by atoms with Crippen LogP contribution >= 0.6 is 11.6 Å².